The molecule has 2 aromatic rings. The van der Waals surface area contributed by atoms with Crippen LogP contribution in [0.1, 0.15) is 17.0 Å². The second kappa shape index (κ2) is 5.95. The number of carbonyl (C=O) groups excluding carboxylic acids is 2. The summed E-state index contributed by atoms with van der Waals surface area (Å²) >= 11 is 0. The fourth-order valence-corrected chi connectivity index (χ4v) is 4.58. The Bertz CT molecular complexity index is 849. The maximum atomic E-state index is 13.5. The maximum absolute atomic E-state index is 13.5. The lowest BCUT2D eigenvalue weighted by molar-refractivity contribution is -0.140. The molecule has 1 aliphatic carbocycles. The number of fused-ring (bicyclic) bond motifs is 4. The zero-order valence-electron chi connectivity index (χ0n) is 14.5. The highest BCUT2D eigenvalue weighted by Gasteiger charge is 2.41. The molecule has 2 saturated heterocycles. The first-order chi connectivity index (χ1) is 12.7. The van der Waals surface area contributed by atoms with Gasteiger partial charge in [0, 0.05) is 32.7 Å². The van der Waals surface area contributed by atoms with E-state index in [2.05, 4.69) is 34.5 Å². The fraction of sp³-hybridized carbons (Fsp3) is 0.333. The van der Waals surface area contributed by atoms with Crippen LogP contribution in [0.4, 0.5) is 0 Å². The number of piperazine rings is 2. The van der Waals surface area contributed by atoms with E-state index in [-0.39, 0.29) is 23.8 Å². The van der Waals surface area contributed by atoms with Gasteiger partial charge in [0.25, 0.3) is 0 Å². The molecule has 0 bridgehead atoms. The minimum atomic E-state index is -0.263. The molecule has 5 rings (SSSR count). The van der Waals surface area contributed by atoms with E-state index in [9.17, 15) is 9.59 Å². The van der Waals surface area contributed by atoms with Crippen LogP contribution in [-0.2, 0) is 9.59 Å². The summed E-state index contributed by atoms with van der Waals surface area (Å²) in [4.78, 5) is 29.8. The van der Waals surface area contributed by atoms with Gasteiger partial charge < -0.3 is 10.2 Å². The van der Waals surface area contributed by atoms with E-state index in [1.54, 1.807) is 0 Å². The SMILES string of the molecule is O=C1NCCN2CCN(C(=O)C3c4ccccc4-c4ccccc43)C[C@@H]12. The monoisotopic (exact) mass is 347 g/mol. The van der Waals surface area contributed by atoms with Crippen molar-refractivity contribution in [3.8, 4) is 11.1 Å². The van der Waals surface area contributed by atoms with Crippen LogP contribution in [0.15, 0.2) is 48.5 Å². The third-order valence-electron chi connectivity index (χ3n) is 5.88. The van der Waals surface area contributed by atoms with Crippen molar-refractivity contribution >= 4 is 11.8 Å². The highest BCUT2D eigenvalue weighted by Crippen LogP contribution is 2.45. The number of hydrogen-bond acceptors (Lipinski definition) is 3. The molecule has 0 saturated carbocycles. The van der Waals surface area contributed by atoms with Crippen molar-refractivity contribution < 1.29 is 9.59 Å². The van der Waals surface area contributed by atoms with Gasteiger partial charge in [-0.25, -0.2) is 0 Å². The van der Waals surface area contributed by atoms with Crippen LogP contribution in [0.3, 0.4) is 0 Å². The minimum Gasteiger partial charge on any atom is -0.353 e. The largest absolute Gasteiger partial charge is 0.353 e. The minimum absolute atomic E-state index is 0.0426. The molecule has 2 heterocycles. The van der Waals surface area contributed by atoms with Crippen molar-refractivity contribution in [3.63, 3.8) is 0 Å². The Morgan fingerprint density at radius 1 is 0.923 bits per heavy atom. The van der Waals surface area contributed by atoms with Crippen molar-refractivity contribution in [1.29, 1.82) is 0 Å². The number of rotatable bonds is 1. The first-order valence-corrected chi connectivity index (χ1v) is 9.23. The summed E-state index contributed by atoms with van der Waals surface area (Å²) in [7, 11) is 0. The van der Waals surface area contributed by atoms with Crippen molar-refractivity contribution in [1.82, 2.24) is 15.1 Å². The van der Waals surface area contributed by atoms with E-state index in [1.807, 2.05) is 29.2 Å². The molecule has 0 unspecified atom stereocenters. The van der Waals surface area contributed by atoms with Crippen LogP contribution in [0.5, 0.6) is 0 Å². The summed E-state index contributed by atoms with van der Waals surface area (Å²) in [6, 6.07) is 16.1. The third kappa shape index (κ3) is 2.27. The average molecular weight is 347 g/mol. The quantitative estimate of drug-likeness (QED) is 0.849. The molecule has 26 heavy (non-hydrogen) atoms. The van der Waals surface area contributed by atoms with Gasteiger partial charge in [0.1, 0.15) is 6.04 Å². The van der Waals surface area contributed by atoms with Gasteiger partial charge in [0.05, 0.1) is 5.92 Å². The van der Waals surface area contributed by atoms with E-state index in [0.29, 0.717) is 19.6 Å². The van der Waals surface area contributed by atoms with E-state index in [0.717, 1.165) is 35.3 Å². The number of carbonyl (C=O) groups is 2. The van der Waals surface area contributed by atoms with Gasteiger partial charge in [-0.05, 0) is 22.3 Å². The molecular weight excluding hydrogens is 326 g/mol. The van der Waals surface area contributed by atoms with Gasteiger partial charge in [-0.2, -0.15) is 0 Å². The molecule has 1 atom stereocenters. The lowest BCUT2D eigenvalue weighted by Gasteiger charge is -2.43. The lowest BCUT2D eigenvalue weighted by atomic mass is 9.94. The smallest absolute Gasteiger partial charge is 0.239 e. The summed E-state index contributed by atoms with van der Waals surface area (Å²) < 4.78 is 0. The van der Waals surface area contributed by atoms with Crippen molar-refractivity contribution in [3.05, 3.63) is 59.7 Å². The predicted octanol–water partition coefficient (Wildman–Crippen LogP) is 1.44. The second-order valence-electron chi connectivity index (χ2n) is 7.23. The molecule has 132 valence electrons. The lowest BCUT2D eigenvalue weighted by Crippen LogP contribution is -2.64. The molecule has 0 radical (unpaired) electrons. The molecule has 2 aliphatic heterocycles. The average Bonchev–Trinajstić information content (AvgIpc) is 3.02. The molecule has 1 N–H and O–H groups in total. The van der Waals surface area contributed by atoms with Gasteiger partial charge in [-0.1, -0.05) is 48.5 Å². The van der Waals surface area contributed by atoms with Crippen molar-refractivity contribution in [2.24, 2.45) is 0 Å². The number of nitrogens with one attached hydrogen (secondary N) is 1. The third-order valence-corrected chi connectivity index (χ3v) is 5.88. The number of amides is 2. The Labute approximate surface area is 152 Å². The summed E-state index contributed by atoms with van der Waals surface area (Å²) in [5.41, 5.74) is 4.45. The molecule has 2 fully saturated rings. The summed E-state index contributed by atoms with van der Waals surface area (Å²) in [6.07, 6.45) is 0. The van der Waals surface area contributed by atoms with Crippen LogP contribution in [0, 0.1) is 0 Å². The van der Waals surface area contributed by atoms with Gasteiger partial charge in [-0.15, -0.1) is 0 Å². The normalized spacial score (nSPS) is 22.4. The standard InChI is InChI=1S/C21H21N3O2/c25-20-18-13-24(12-11-23(18)10-9-22-20)21(26)19-16-7-3-1-5-14(16)15-6-2-4-8-17(15)19/h1-8,18-19H,9-13H2,(H,22,25)/t18-/m0/s1. The molecule has 2 aromatic carbocycles. The first kappa shape index (κ1) is 15.6. The Kier molecular flexibility index (Phi) is 3.57. The van der Waals surface area contributed by atoms with Crippen LogP contribution < -0.4 is 5.32 Å². The van der Waals surface area contributed by atoms with Crippen molar-refractivity contribution in [2.75, 3.05) is 32.7 Å². The Morgan fingerprint density at radius 2 is 1.58 bits per heavy atom. The number of nitrogens with zero attached hydrogens (tertiary/aromatic N) is 2. The molecule has 5 nitrogen and oxygen atoms in total. The number of hydrogen-bond donors (Lipinski definition) is 1. The summed E-state index contributed by atoms with van der Waals surface area (Å²) in [6.45, 7) is 3.50. The zero-order chi connectivity index (χ0) is 17.7. The van der Waals surface area contributed by atoms with Crippen LogP contribution in [0.2, 0.25) is 0 Å². The van der Waals surface area contributed by atoms with E-state index < -0.39 is 0 Å². The van der Waals surface area contributed by atoms with Gasteiger partial charge in [-0.3, -0.25) is 14.5 Å². The van der Waals surface area contributed by atoms with E-state index >= 15 is 0 Å². The molecule has 2 amide bonds. The van der Waals surface area contributed by atoms with E-state index in [1.165, 1.54) is 0 Å². The van der Waals surface area contributed by atoms with E-state index in [4.69, 9.17) is 0 Å². The highest BCUT2D eigenvalue weighted by molar-refractivity contribution is 5.96. The summed E-state index contributed by atoms with van der Waals surface area (Å²) in [5, 5.41) is 2.92. The topological polar surface area (TPSA) is 52.7 Å². The predicted molar refractivity (Wildman–Crippen MR) is 98.7 cm³/mol. The van der Waals surface area contributed by atoms with Crippen LogP contribution in [-0.4, -0.2) is 60.4 Å². The fourth-order valence-electron chi connectivity index (χ4n) is 4.58. The highest BCUT2D eigenvalue weighted by atomic mass is 16.2. The van der Waals surface area contributed by atoms with Gasteiger partial charge >= 0.3 is 0 Å². The Hall–Kier alpha value is -2.66. The maximum Gasteiger partial charge on any atom is 0.239 e. The van der Waals surface area contributed by atoms with Crippen LogP contribution >= 0.6 is 0 Å². The summed E-state index contributed by atoms with van der Waals surface area (Å²) in [5.74, 6) is -0.109. The molecule has 0 spiro atoms. The zero-order valence-corrected chi connectivity index (χ0v) is 14.5. The Balaban J connectivity index is 1.48. The first-order valence-electron chi connectivity index (χ1n) is 9.23. The second-order valence-corrected chi connectivity index (χ2v) is 7.23. The molecule has 3 aliphatic rings. The molecule has 0 aromatic heterocycles. The van der Waals surface area contributed by atoms with Gasteiger partial charge in [0.15, 0.2) is 0 Å². The molecular formula is C21H21N3O2. The number of benzene rings is 2. The van der Waals surface area contributed by atoms with Crippen molar-refractivity contribution in [2.45, 2.75) is 12.0 Å². The van der Waals surface area contributed by atoms with Crippen LogP contribution in [0.25, 0.3) is 11.1 Å². The molecule has 5 heteroatoms. The Morgan fingerprint density at radius 3 is 2.27 bits per heavy atom. The van der Waals surface area contributed by atoms with Gasteiger partial charge in [0.2, 0.25) is 11.8 Å².